The second-order valence-electron chi connectivity index (χ2n) is 4.56. The first-order valence-electron chi connectivity index (χ1n) is 6.35. The molecular formula is C14H17NO5. The van der Waals surface area contributed by atoms with Crippen molar-refractivity contribution in [1.82, 2.24) is 4.90 Å². The Bertz CT molecular complexity index is 485. The van der Waals surface area contributed by atoms with E-state index in [1.165, 1.54) is 4.90 Å². The Morgan fingerprint density at radius 1 is 1.40 bits per heavy atom. The molecule has 1 N–H and O–H groups in total. The summed E-state index contributed by atoms with van der Waals surface area (Å²) in [4.78, 5) is 24.5. The van der Waals surface area contributed by atoms with E-state index in [4.69, 9.17) is 14.6 Å². The third-order valence-corrected chi connectivity index (χ3v) is 3.21. The Balaban J connectivity index is 1.95. The molecule has 6 heteroatoms. The number of carboxylic acid groups (broad SMARTS) is 1. The van der Waals surface area contributed by atoms with Crippen molar-refractivity contribution in [3.63, 3.8) is 0 Å². The van der Waals surface area contributed by atoms with E-state index in [1.807, 2.05) is 12.1 Å². The third-order valence-electron chi connectivity index (χ3n) is 3.21. The highest BCUT2D eigenvalue weighted by Gasteiger charge is 2.28. The molecule has 1 aliphatic rings. The molecular weight excluding hydrogens is 262 g/mol. The molecule has 1 amide bonds. The van der Waals surface area contributed by atoms with Crippen LogP contribution in [0.15, 0.2) is 24.3 Å². The lowest BCUT2D eigenvalue weighted by Crippen LogP contribution is -2.49. The number of ether oxygens (including phenoxy) is 2. The molecule has 1 fully saturated rings. The minimum atomic E-state index is -1.04. The molecule has 6 nitrogen and oxygen atoms in total. The third kappa shape index (κ3) is 3.48. The van der Waals surface area contributed by atoms with E-state index in [0.29, 0.717) is 6.54 Å². The van der Waals surface area contributed by atoms with E-state index < -0.39 is 12.1 Å². The minimum absolute atomic E-state index is 0.0929. The number of rotatable bonds is 4. The molecule has 1 aliphatic heterocycles. The van der Waals surface area contributed by atoms with Gasteiger partial charge in [-0.3, -0.25) is 4.79 Å². The van der Waals surface area contributed by atoms with Crippen LogP contribution in [0.2, 0.25) is 0 Å². The number of carbonyl (C=O) groups is 2. The maximum atomic E-state index is 12.1. The summed E-state index contributed by atoms with van der Waals surface area (Å²) in [5.74, 6) is -0.393. The maximum absolute atomic E-state index is 12.1. The van der Waals surface area contributed by atoms with Crippen molar-refractivity contribution in [2.75, 3.05) is 26.8 Å². The SMILES string of the molecule is COc1ccc(CC(=O)N2CCOC(C(=O)O)C2)cc1. The summed E-state index contributed by atoms with van der Waals surface area (Å²) in [5, 5.41) is 8.91. The van der Waals surface area contributed by atoms with Crippen molar-refractivity contribution in [2.45, 2.75) is 12.5 Å². The van der Waals surface area contributed by atoms with Gasteiger partial charge in [-0.15, -0.1) is 0 Å². The Morgan fingerprint density at radius 2 is 2.10 bits per heavy atom. The minimum Gasteiger partial charge on any atom is -0.497 e. The lowest BCUT2D eigenvalue weighted by Gasteiger charge is -2.31. The Hall–Kier alpha value is -2.08. The quantitative estimate of drug-likeness (QED) is 0.871. The molecule has 0 spiro atoms. The van der Waals surface area contributed by atoms with Crippen LogP contribution in [0.5, 0.6) is 5.75 Å². The Morgan fingerprint density at radius 3 is 2.70 bits per heavy atom. The van der Waals surface area contributed by atoms with Crippen molar-refractivity contribution < 1.29 is 24.2 Å². The molecule has 1 unspecified atom stereocenters. The first-order valence-corrected chi connectivity index (χ1v) is 6.35. The number of hydrogen-bond donors (Lipinski definition) is 1. The van der Waals surface area contributed by atoms with Gasteiger partial charge in [-0.05, 0) is 17.7 Å². The summed E-state index contributed by atoms with van der Waals surface area (Å²) >= 11 is 0. The van der Waals surface area contributed by atoms with Crippen LogP contribution in [-0.4, -0.2) is 54.8 Å². The molecule has 0 aliphatic carbocycles. The fraction of sp³-hybridized carbons (Fsp3) is 0.429. The first-order chi connectivity index (χ1) is 9.60. The molecule has 0 radical (unpaired) electrons. The maximum Gasteiger partial charge on any atom is 0.334 e. The number of morpholine rings is 1. The van der Waals surface area contributed by atoms with Crippen LogP contribution in [0.25, 0.3) is 0 Å². The molecule has 108 valence electrons. The van der Waals surface area contributed by atoms with Crippen LogP contribution in [0.1, 0.15) is 5.56 Å². The molecule has 1 heterocycles. The van der Waals surface area contributed by atoms with E-state index in [-0.39, 0.29) is 25.5 Å². The zero-order chi connectivity index (χ0) is 14.5. The second kappa shape index (κ2) is 6.38. The van der Waals surface area contributed by atoms with Crippen molar-refractivity contribution in [2.24, 2.45) is 0 Å². The number of aliphatic carboxylic acids is 1. The summed E-state index contributed by atoms with van der Waals surface area (Å²) in [6.07, 6.45) is -0.681. The van der Waals surface area contributed by atoms with Crippen LogP contribution in [0.3, 0.4) is 0 Å². The zero-order valence-corrected chi connectivity index (χ0v) is 11.2. The highest BCUT2D eigenvalue weighted by molar-refractivity contribution is 5.80. The molecule has 0 aromatic heterocycles. The average Bonchev–Trinajstić information content (AvgIpc) is 2.48. The van der Waals surface area contributed by atoms with Crippen LogP contribution < -0.4 is 4.74 Å². The summed E-state index contributed by atoms with van der Waals surface area (Å²) in [5.41, 5.74) is 0.870. The second-order valence-corrected chi connectivity index (χ2v) is 4.56. The van der Waals surface area contributed by atoms with Crippen LogP contribution >= 0.6 is 0 Å². The molecule has 1 aromatic rings. The van der Waals surface area contributed by atoms with Gasteiger partial charge in [-0.1, -0.05) is 12.1 Å². The Labute approximate surface area is 116 Å². The van der Waals surface area contributed by atoms with Crippen molar-refractivity contribution in [3.05, 3.63) is 29.8 Å². The van der Waals surface area contributed by atoms with Crippen molar-refractivity contribution >= 4 is 11.9 Å². The fourth-order valence-corrected chi connectivity index (χ4v) is 2.06. The molecule has 0 bridgehead atoms. The van der Waals surface area contributed by atoms with Gasteiger partial charge in [0.25, 0.3) is 0 Å². The predicted molar refractivity (Wildman–Crippen MR) is 70.7 cm³/mol. The van der Waals surface area contributed by atoms with E-state index in [2.05, 4.69) is 0 Å². The number of carbonyl (C=O) groups excluding carboxylic acids is 1. The Kier molecular flexibility index (Phi) is 4.57. The molecule has 2 rings (SSSR count). The predicted octanol–water partition coefficient (Wildman–Crippen LogP) is 0.550. The number of amides is 1. The number of hydrogen-bond acceptors (Lipinski definition) is 4. The summed E-state index contributed by atoms with van der Waals surface area (Å²) in [7, 11) is 1.58. The lowest BCUT2D eigenvalue weighted by molar-refractivity contribution is -0.159. The number of nitrogens with zero attached hydrogens (tertiary/aromatic N) is 1. The number of benzene rings is 1. The highest BCUT2D eigenvalue weighted by Crippen LogP contribution is 2.13. The number of carboxylic acids is 1. The molecule has 20 heavy (non-hydrogen) atoms. The van der Waals surface area contributed by atoms with Gasteiger partial charge in [0.05, 0.1) is 26.7 Å². The normalized spacial score (nSPS) is 18.6. The number of methoxy groups -OCH3 is 1. The molecule has 0 saturated carbocycles. The largest absolute Gasteiger partial charge is 0.497 e. The first kappa shape index (κ1) is 14.3. The summed E-state index contributed by atoms with van der Waals surface area (Å²) in [6.45, 7) is 0.786. The van der Waals surface area contributed by atoms with Gasteiger partial charge in [-0.25, -0.2) is 4.79 Å². The van der Waals surface area contributed by atoms with Gasteiger partial charge in [0.1, 0.15) is 5.75 Å². The highest BCUT2D eigenvalue weighted by atomic mass is 16.5. The van der Waals surface area contributed by atoms with Gasteiger partial charge >= 0.3 is 5.97 Å². The lowest BCUT2D eigenvalue weighted by atomic mass is 10.1. The average molecular weight is 279 g/mol. The van der Waals surface area contributed by atoms with Crippen molar-refractivity contribution in [1.29, 1.82) is 0 Å². The van der Waals surface area contributed by atoms with E-state index in [0.717, 1.165) is 11.3 Å². The molecule has 1 aromatic carbocycles. The van der Waals surface area contributed by atoms with Crippen LogP contribution in [0.4, 0.5) is 0 Å². The zero-order valence-electron chi connectivity index (χ0n) is 11.2. The van der Waals surface area contributed by atoms with Gasteiger partial charge in [0.2, 0.25) is 5.91 Å². The molecule has 1 saturated heterocycles. The van der Waals surface area contributed by atoms with E-state index in [1.54, 1.807) is 19.2 Å². The van der Waals surface area contributed by atoms with Gasteiger partial charge in [0, 0.05) is 6.54 Å². The van der Waals surface area contributed by atoms with Gasteiger partial charge in [0.15, 0.2) is 6.10 Å². The van der Waals surface area contributed by atoms with E-state index >= 15 is 0 Å². The topological polar surface area (TPSA) is 76.1 Å². The van der Waals surface area contributed by atoms with Crippen molar-refractivity contribution in [3.8, 4) is 5.75 Å². The summed E-state index contributed by atoms with van der Waals surface area (Å²) in [6, 6.07) is 7.24. The van der Waals surface area contributed by atoms with Gasteiger partial charge in [-0.2, -0.15) is 0 Å². The monoisotopic (exact) mass is 279 g/mol. The standard InChI is InChI=1S/C14H17NO5/c1-19-11-4-2-10(3-5-11)8-13(16)15-6-7-20-12(9-15)14(17)18/h2-5,12H,6-9H2,1H3,(H,17,18). The van der Waals surface area contributed by atoms with Crippen LogP contribution in [0, 0.1) is 0 Å². The van der Waals surface area contributed by atoms with E-state index in [9.17, 15) is 9.59 Å². The molecule has 1 atom stereocenters. The van der Waals surface area contributed by atoms with Gasteiger partial charge < -0.3 is 19.5 Å². The van der Waals surface area contributed by atoms with Crippen LogP contribution in [-0.2, 0) is 20.7 Å². The summed E-state index contributed by atoms with van der Waals surface area (Å²) < 4.78 is 10.1. The smallest absolute Gasteiger partial charge is 0.334 e. The fourth-order valence-electron chi connectivity index (χ4n) is 2.06.